The third-order valence-electron chi connectivity index (χ3n) is 1.95. The number of thiophene rings is 2. The monoisotopic (exact) mass is 220 g/mol. The highest BCUT2D eigenvalue weighted by Gasteiger charge is 2.10. The van der Waals surface area contributed by atoms with Crippen LogP contribution < -0.4 is 5.73 Å². The smallest absolute Gasteiger partial charge is 0.128 e. The van der Waals surface area contributed by atoms with Crippen molar-refractivity contribution in [3.05, 3.63) is 28.0 Å². The van der Waals surface area contributed by atoms with Crippen LogP contribution in [-0.4, -0.2) is 0 Å². The molecule has 0 bridgehead atoms. The van der Waals surface area contributed by atoms with Gasteiger partial charge in [-0.05, 0) is 30.0 Å². The van der Waals surface area contributed by atoms with E-state index in [1.165, 1.54) is 21.8 Å². The molecule has 14 heavy (non-hydrogen) atoms. The number of nitrogen functional groups attached to an aromatic ring is 1. The first-order valence-corrected chi connectivity index (χ1v) is 5.76. The summed E-state index contributed by atoms with van der Waals surface area (Å²) in [4.78, 5) is 2.91. The van der Waals surface area contributed by atoms with E-state index in [4.69, 9.17) is 11.0 Å². The van der Waals surface area contributed by atoms with Crippen molar-refractivity contribution in [1.82, 2.24) is 0 Å². The molecule has 0 unspecified atom stereocenters. The summed E-state index contributed by atoms with van der Waals surface area (Å²) in [5.74, 6) is 0. The van der Waals surface area contributed by atoms with E-state index in [9.17, 15) is 0 Å². The van der Waals surface area contributed by atoms with Gasteiger partial charge in [-0.3, -0.25) is 0 Å². The van der Waals surface area contributed by atoms with Gasteiger partial charge in [0, 0.05) is 9.75 Å². The number of anilines is 1. The third-order valence-corrected chi connectivity index (χ3v) is 4.20. The number of hydrogen-bond acceptors (Lipinski definition) is 4. The van der Waals surface area contributed by atoms with E-state index >= 15 is 0 Å². The first-order valence-electron chi connectivity index (χ1n) is 4.06. The van der Waals surface area contributed by atoms with Crippen LogP contribution in [0.5, 0.6) is 0 Å². The average molecular weight is 220 g/mol. The van der Waals surface area contributed by atoms with E-state index in [0.717, 1.165) is 4.88 Å². The predicted molar refractivity (Wildman–Crippen MR) is 61.5 cm³/mol. The first-order chi connectivity index (χ1) is 6.72. The van der Waals surface area contributed by atoms with Gasteiger partial charge in [0.2, 0.25) is 0 Å². The van der Waals surface area contributed by atoms with Crippen LogP contribution >= 0.6 is 22.7 Å². The van der Waals surface area contributed by atoms with Crippen LogP contribution in [0, 0.1) is 18.3 Å². The zero-order valence-corrected chi connectivity index (χ0v) is 9.21. The van der Waals surface area contributed by atoms with Gasteiger partial charge < -0.3 is 5.73 Å². The van der Waals surface area contributed by atoms with Crippen LogP contribution in [0.25, 0.3) is 9.75 Å². The molecule has 0 radical (unpaired) electrons. The summed E-state index contributed by atoms with van der Waals surface area (Å²) in [6, 6.07) is 6.04. The number of nitriles is 1. The topological polar surface area (TPSA) is 49.8 Å². The van der Waals surface area contributed by atoms with E-state index in [-0.39, 0.29) is 0 Å². The van der Waals surface area contributed by atoms with E-state index in [1.54, 1.807) is 11.3 Å². The number of nitrogens with zero attached hydrogens (tertiary/aromatic N) is 1. The Morgan fingerprint density at radius 3 is 2.79 bits per heavy atom. The van der Waals surface area contributed by atoms with E-state index in [1.807, 2.05) is 11.4 Å². The van der Waals surface area contributed by atoms with Gasteiger partial charge in [0.05, 0.1) is 5.69 Å². The summed E-state index contributed by atoms with van der Waals surface area (Å²) < 4.78 is 0. The fraction of sp³-hybridized carbons (Fsp3) is 0.100. The minimum atomic E-state index is 0.584. The van der Waals surface area contributed by atoms with Crippen molar-refractivity contribution in [2.45, 2.75) is 6.92 Å². The summed E-state index contributed by atoms with van der Waals surface area (Å²) in [5, 5.41) is 10.8. The standard InChI is InChI=1S/C10H8N2S2/c1-6-2-3-13-10(6)8-4-7(12)9(5-11)14-8/h2-4H,12H2,1H3. The van der Waals surface area contributed by atoms with E-state index < -0.39 is 0 Å². The van der Waals surface area contributed by atoms with Crippen LogP contribution in [0.15, 0.2) is 17.5 Å². The Balaban J connectivity index is 2.54. The zero-order valence-electron chi connectivity index (χ0n) is 7.57. The molecule has 2 heterocycles. The van der Waals surface area contributed by atoms with Gasteiger partial charge in [-0.2, -0.15) is 5.26 Å². The minimum Gasteiger partial charge on any atom is -0.397 e. The Labute approximate surface area is 90.2 Å². The third kappa shape index (κ3) is 1.41. The van der Waals surface area contributed by atoms with Crippen LogP contribution in [0.4, 0.5) is 5.69 Å². The minimum absolute atomic E-state index is 0.584. The summed E-state index contributed by atoms with van der Waals surface area (Å²) in [6.07, 6.45) is 0. The molecular weight excluding hydrogens is 212 g/mol. The molecule has 4 heteroatoms. The fourth-order valence-corrected chi connectivity index (χ4v) is 3.22. The first kappa shape index (κ1) is 9.25. The normalized spacial score (nSPS) is 10.0. The summed E-state index contributed by atoms with van der Waals surface area (Å²) in [7, 11) is 0. The van der Waals surface area contributed by atoms with Gasteiger partial charge in [-0.1, -0.05) is 0 Å². The molecule has 2 N–H and O–H groups in total. The van der Waals surface area contributed by atoms with Crippen molar-refractivity contribution in [3.63, 3.8) is 0 Å². The van der Waals surface area contributed by atoms with Crippen LogP contribution in [-0.2, 0) is 0 Å². The van der Waals surface area contributed by atoms with Gasteiger partial charge in [-0.25, -0.2) is 0 Å². The maximum Gasteiger partial charge on any atom is 0.128 e. The Hall–Kier alpha value is -1.31. The Morgan fingerprint density at radius 1 is 1.50 bits per heavy atom. The molecule has 0 spiro atoms. The Kier molecular flexibility index (Phi) is 2.28. The molecule has 0 amide bonds. The Bertz CT molecular complexity index is 502. The van der Waals surface area contributed by atoms with Gasteiger partial charge in [0.15, 0.2) is 0 Å². The quantitative estimate of drug-likeness (QED) is 0.802. The van der Waals surface area contributed by atoms with E-state index in [2.05, 4.69) is 19.1 Å². The molecule has 2 rings (SSSR count). The van der Waals surface area contributed by atoms with Crippen LogP contribution in [0.2, 0.25) is 0 Å². The van der Waals surface area contributed by atoms with Crippen LogP contribution in [0.1, 0.15) is 10.4 Å². The molecule has 0 fully saturated rings. The lowest BCUT2D eigenvalue weighted by Gasteiger charge is -1.91. The number of hydrogen-bond donors (Lipinski definition) is 1. The lowest BCUT2D eigenvalue weighted by molar-refractivity contribution is 1.52. The molecule has 70 valence electrons. The van der Waals surface area contributed by atoms with E-state index in [0.29, 0.717) is 10.6 Å². The van der Waals surface area contributed by atoms with Gasteiger partial charge in [0.25, 0.3) is 0 Å². The molecule has 0 saturated carbocycles. The van der Waals surface area contributed by atoms with Crippen molar-refractivity contribution in [3.8, 4) is 15.8 Å². The maximum atomic E-state index is 8.78. The van der Waals surface area contributed by atoms with Gasteiger partial charge >= 0.3 is 0 Å². The summed E-state index contributed by atoms with van der Waals surface area (Å²) >= 11 is 3.14. The lowest BCUT2D eigenvalue weighted by Crippen LogP contribution is -1.81. The predicted octanol–water partition coefficient (Wildman–Crippen LogP) is 3.24. The van der Waals surface area contributed by atoms with Crippen molar-refractivity contribution >= 4 is 28.4 Å². The van der Waals surface area contributed by atoms with Gasteiger partial charge in [-0.15, -0.1) is 22.7 Å². The highest BCUT2D eigenvalue weighted by atomic mass is 32.1. The van der Waals surface area contributed by atoms with Crippen molar-refractivity contribution < 1.29 is 0 Å². The molecule has 0 aliphatic heterocycles. The second kappa shape index (κ2) is 3.45. The maximum absolute atomic E-state index is 8.78. The molecule has 2 aromatic heterocycles. The number of nitrogens with two attached hydrogens (primary N) is 1. The van der Waals surface area contributed by atoms with Gasteiger partial charge in [0.1, 0.15) is 10.9 Å². The summed E-state index contributed by atoms with van der Waals surface area (Å²) in [6.45, 7) is 2.06. The average Bonchev–Trinajstić information content (AvgIpc) is 2.71. The molecule has 0 atom stereocenters. The van der Waals surface area contributed by atoms with Crippen molar-refractivity contribution in [2.75, 3.05) is 5.73 Å². The molecule has 0 aromatic carbocycles. The number of aryl methyl sites for hydroxylation is 1. The van der Waals surface area contributed by atoms with Crippen molar-refractivity contribution in [2.24, 2.45) is 0 Å². The molecule has 2 aromatic rings. The molecular formula is C10H8N2S2. The molecule has 0 aliphatic rings. The lowest BCUT2D eigenvalue weighted by atomic mass is 10.2. The highest BCUT2D eigenvalue weighted by molar-refractivity contribution is 7.22. The second-order valence-electron chi connectivity index (χ2n) is 2.94. The molecule has 0 saturated heterocycles. The Morgan fingerprint density at radius 2 is 2.29 bits per heavy atom. The highest BCUT2D eigenvalue weighted by Crippen LogP contribution is 2.37. The number of rotatable bonds is 1. The molecule has 2 nitrogen and oxygen atoms in total. The van der Waals surface area contributed by atoms with Crippen molar-refractivity contribution in [1.29, 1.82) is 5.26 Å². The van der Waals surface area contributed by atoms with Crippen LogP contribution in [0.3, 0.4) is 0 Å². The molecule has 0 aliphatic carbocycles. The fourth-order valence-electron chi connectivity index (χ4n) is 1.23. The summed E-state index contributed by atoms with van der Waals surface area (Å²) in [5.41, 5.74) is 7.52. The SMILES string of the molecule is Cc1ccsc1-c1cc(N)c(C#N)s1. The largest absolute Gasteiger partial charge is 0.397 e. The second-order valence-corrected chi connectivity index (χ2v) is 4.91. The zero-order chi connectivity index (χ0) is 10.1.